The Labute approximate surface area is 57.3 Å². The SMILES string of the molecule is CC(NO)c1cncs1. The van der Waals surface area contributed by atoms with E-state index in [-0.39, 0.29) is 6.04 Å². The summed E-state index contributed by atoms with van der Waals surface area (Å²) < 4.78 is 0. The van der Waals surface area contributed by atoms with Crippen molar-refractivity contribution in [2.75, 3.05) is 0 Å². The van der Waals surface area contributed by atoms with E-state index in [2.05, 4.69) is 10.5 Å². The molecule has 0 radical (unpaired) electrons. The zero-order chi connectivity index (χ0) is 6.69. The van der Waals surface area contributed by atoms with Crippen LogP contribution in [0.4, 0.5) is 0 Å². The predicted molar refractivity (Wildman–Crippen MR) is 35.5 cm³/mol. The number of hydrogen-bond donors (Lipinski definition) is 2. The molecule has 1 heterocycles. The molecule has 1 unspecified atom stereocenters. The van der Waals surface area contributed by atoms with E-state index in [1.165, 1.54) is 11.3 Å². The van der Waals surface area contributed by atoms with Crippen molar-refractivity contribution in [2.24, 2.45) is 0 Å². The number of nitrogens with zero attached hydrogens (tertiary/aromatic N) is 1. The highest BCUT2D eigenvalue weighted by Crippen LogP contribution is 2.14. The Morgan fingerprint density at radius 1 is 1.89 bits per heavy atom. The lowest BCUT2D eigenvalue weighted by atomic mass is 10.3. The fourth-order valence-electron chi connectivity index (χ4n) is 0.503. The zero-order valence-corrected chi connectivity index (χ0v) is 5.85. The number of hydroxylamine groups is 1. The zero-order valence-electron chi connectivity index (χ0n) is 5.03. The first kappa shape index (κ1) is 6.67. The summed E-state index contributed by atoms with van der Waals surface area (Å²) in [6.07, 6.45) is 1.73. The van der Waals surface area contributed by atoms with E-state index in [1.807, 2.05) is 6.92 Å². The Balaban J connectivity index is 2.65. The number of rotatable bonds is 2. The van der Waals surface area contributed by atoms with Gasteiger partial charge in [-0.05, 0) is 6.92 Å². The van der Waals surface area contributed by atoms with Gasteiger partial charge in [0, 0.05) is 11.1 Å². The highest BCUT2D eigenvalue weighted by molar-refractivity contribution is 7.09. The molecule has 0 saturated carbocycles. The van der Waals surface area contributed by atoms with Crippen molar-refractivity contribution in [2.45, 2.75) is 13.0 Å². The standard InChI is InChI=1S/C5H8N2OS/c1-4(7-8)5-2-6-3-9-5/h2-4,7-8H,1H3. The molecule has 0 aromatic carbocycles. The highest BCUT2D eigenvalue weighted by atomic mass is 32.1. The van der Waals surface area contributed by atoms with E-state index < -0.39 is 0 Å². The van der Waals surface area contributed by atoms with Crippen LogP contribution in [0.1, 0.15) is 17.8 Å². The third-order valence-electron chi connectivity index (χ3n) is 1.07. The average molecular weight is 144 g/mol. The molecule has 9 heavy (non-hydrogen) atoms. The van der Waals surface area contributed by atoms with Gasteiger partial charge in [0.15, 0.2) is 0 Å². The van der Waals surface area contributed by atoms with Crippen LogP contribution in [0, 0.1) is 0 Å². The van der Waals surface area contributed by atoms with Crippen LogP contribution in [0.25, 0.3) is 0 Å². The van der Waals surface area contributed by atoms with Crippen molar-refractivity contribution in [1.29, 1.82) is 0 Å². The minimum Gasteiger partial charge on any atom is -0.316 e. The molecule has 0 aliphatic rings. The largest absolute Gasteiger partial charge is 0.316 e. The van der Waals surface area contributed by atoms with Gasteiger partial charge < -0.3 is 5.21 Å². The number of nitrogens with one attached hydrogen (secondary N) is 1. The van der Waals surface area contributed by atoms with Crippen molar-refractivity contribution in [3.8, 4) is 0 Å². The number of thiazole rings is 1. The van der Waals surface area contributed by atoms with E-state index in [1.54, 1.807) is 11.7 Å². The molecule has 2 N–H and O–H groups in total. The fraction of sp³-hybridized carbons (Fsp3) is 0.400. The highest BCUT2D eigenvalue weighted by Gasteiger charge is 2.02. The molecule has 1 aromatic heterocycles. The van der Waals surface area contributed by atoms with E-state index in [0.29, 0.717) is 0 Å². The van der Waals surface area contributed by atoms with Gasteiger partial charge in [0.25, 0.3) is 0 Å². The molecule has 1 aromatic rings. The maximum Gasteiger partial charge on any atom is 0.0794 e. The van der Waals surface area contributed by atoms with Crippen LogP contribution in [0.3, 0.4) is 0 Å². The summed E-state index contributed by atoms with van der Waals surface area (Å²) in [7, 11) is 0. The van der Waals surface area contributed by atoms with Gasteiger partial charge in [0.05, 0.1) is 11.6 Å². The molecular formula is C5H8N2OS. The average Bonchev–Trinajstić information content (AvgIpc) is 2.37. The van der Waals surface area contributed by atoms with Gasteiger partial charge in [0.1, 0.15) is 0 Å². The van der Waals surface area contributed by atoms with Gasteiger partial charge in [-0.25, -0.2) is 0 Å². The molecule has 4 heteroatoms. The lowest BCUT2D eigenvalue weighted by Gasteiger charge is -2.02. The van der Waals surface area contributed by atoms with E-state index in [9.17, 15) is 0 Å². The van der Waals surface area contributed by atoms with Gasteiger partial charge in [-0.1, -0.05) is 0 Å². The first-order chi connectivity index (χ1) is 4.34. The minimum absolute atomic E-state index is 0.00231. The molecule has 0 aliphatic carbocycles. The Morgan fingerprint density at radius 2 is 2.67 bits per heavy atom. The van der Waals surface area contributed by atoms with Crippen molar-refractivity contribution in [1.82, 2.24) is 10.5 Å². The topological polar surface area (TPSA) is 45.1 Å². The molecule has 1 atom stereocenters. The molecule has 0 amide bonds. The molecule has 0 bridgehead atoms. The summed E-state index contributed by atoms with van der Waals surface area (Å²) in [6.45, 7) is 1.87. The van der Waals surface area contributed by atoms with Crippen molar-refractivity contribution < 1.29 is 5.21 Å². The van der Waals surface area contributed by atoms with Crippen LogP contribution in [-0.4, -0.2) is 10.2 Å². The number of aromatic nitrogens is 1. The Hall–Kier alpha value is -0.450. The monoisotopic (exact) mass is 144 g/mol. The van der Waals surface area contributed by atoms with E-state index in [0.717, 1.165) is 4.88 Å². The summed E-state index contributed by atoms with van der Waals surface area (Å²) in [6, 6.07) is -0.00231. The van der Waals surface area contributed by atoms with E-state index in [4.69, 9.17) is 5.21 Å². The third-order valence-corrected chi connectivity index (χ3v) is 2.03. The fourth-order valence-corrected chi connectivity index (χ4v) is 1.13. The Morgan fingerprint density at radius 3 is 3.11 bits per heavy atom. The second-order valence-corrected chi connectivity index (χ2v) is 2.67. The van der Waals surface area contributed by atoms with Crippen LogP contribution < -0.4 is 5.48 Å². The maximum absolute atomic E-state index is 8.44. The molecule has 0 fully saturated rings. The molecule has 0 aliphatic heterocycles. The molecule has 0 spiro atoms. The van der Waals surface area contributed by atoms with Crippen LogP contribution in [-0.2, 0) is 0 Å². The van der Waals surface area contributed by atoms with Gasteiger partial charge in [-0.2, -0.15) is 5.48 Å². The van der Waals surface area contributed by atoms with E-state index >= 15 is 0 Å². The molecule has 50 valence electrons. The number of hydrogen-bond acceptors (Lipinski definition) is 4. The van der Waals surface area contributed by atoms with Crippen LogP contribution in [0.2, 0.25) is 0 Å². The summed E-state index contributed by atoms with van der Waals surface area (Å²) >= 11 is 1.52. The normalized spacial score (nSPS) is 13.6. The lowest BCUT2D eigenvalue weighted by Crippen LogP contribution is -2.11. The van der Waals surface area contributed by atoms with Crippen LogP contribution in [0.5, 0.6) is 0 Å². The predicted octanol–water partition coefficient (Wildman–Crippen LogP) is 1.18. The summed E-state index contributed by atoms with van der Waals surface area (Å²) in [5.74, 6) is 0. The molecule has 3 nitrogen and oxygen atoms in total. The van der Waals surface area contributed by atoms with Crippen molar-refractivity contribution in [3.63, 3.8) is 0 Å². The van der Waals surface area contributed by atoms with Gasteiger partial charge >= 0.3 is 0 Å². The quantitative estimate of drug-likeness (QED) is 0.613. The third kappa shape index (κ3) is 1.48. The molecular weight excluding hydrogens is 136 g/mol. The smallest absolute Gasteiger partial charge is 0.0794 e. The van der Waals surface area contributed by atoms with Gasteiger partial charge in [-0.3, -0.25) is 4.98 Å². The summed E-state index contributed by atoms with van der Waals surface area (Å²) in [5.41, 5.74) is 3.88. The summed E-state index contributed by atoms with van der Waals surface area (Å²) in [5, 5.41) is 8.44. The first-order valence-electron chi connectivity index (χ1n) is 2.62. The van der Waals surface area contributed by atoms with Gasteiger partial charge in [0.2, 0.25) is 0 Å². The van der Waals surface area contributed by atoms with Crippen molar-refractivity contribution >= 4 is 11.3 Å². The van der Waals surface area contributed by atoms with Crippen LogP contribution >= 0.6 is 11.3 Å². The molecule has 0 saturated heterocycles. The van der Waals surface area contributed by atoms with Gasteiger partial charge in [-0.15, -0.1) is 11.3 Å². The maximum atomic E-state index is 8.44. The lowest BCUT2D eigenvalue weighted by molar-refractivity contribution is 0.134. The van der Waals surface area contributed by atoms with Crippen molar-refractivity contribution in [3.05, 3.63) is 16.6 Å². The second-order valence-electron chi connectivity index (χ2n) is 1.75. The molecule has 1 rings (SSSR count). The second kappa shape index (κ2) is 2.91. The minimum atomic E-state index is -0.00231. The Kier molecular flexibility index (Phi) is 2.16. The summed E-state index contributed by atoms with van der Waals surface area (Å²) in [4.78, 5) is 4.90. The Bertz CT molecular complexity index is 163. The van der Waals surface area contributed by atoms with Crippen LogP contribution in [0.15, 0.2) is 11.7 Å². The first-order valence-corrected chi connectivity index (χ1v) is 3.50.